The first kappa shape index (κ1) is 16.1. The van der Waals surface area contributed by atoms with Crippen molar-refractivity contribution in [3.05, 3.63) is 64.1 Å². The Balaban J connectivity index is 2.08. The highest BCUT2D eigenvalue weighted by Gasteiger charge is 2.16. The van der Waals surface area contributed by atoms with Crippen molar-refractivity contribution >= 4 is 16.6 Å². The van der Waals surface area contributed by atoms with Crippen molar-refractivity contribution in [2.75, 3.05) is 7.11 Å². The average molecular weight is 339 g/mol. The van der Waals surface area contributed by atoms with E-state index in [-0.39, 0.29) is 17.2 Å². The third-order valence-electron chi connectivity index (χ3n) is 3.44. The van der Waals surface area contributed by atoms with E-state index in [2.05, 4.69) is 4.98 Å². The van der Waals surface area contributed by atoms with Crippen molar-refractivity contribution < 1.29 is 18.8 Å². The molecule has 0 radical (unpaired) electrons. The van der Waals surface area contributed by atoms with Crippen LogP contribution < -0.4 is 9.47 Å². The van der Waals surface area contributed by atoms with E-state index in [1.807, 2.05) is 6.07 Å². The van der Waals surface area contributed by atoms with E-state index in [0.29, 0.717) is 16.7 Å². The molecular formula is C17H10FN3O4. The number of pyridine rings is 1. The first-order chi connectivity index (χ1) is 12.0. The van der Waals surface area contributed by atoms with E-state index in [0.717, 1.165) is 12.1 Å². The van der Waals surface area contributed by atoms with E-state index in [1.54, 1.807) is 18.2 Å². The zero-order valence-electron chi connectivity index (χ0n) is 12.9. The van der Waals surface area contributed by atoms with Crippen LogP contribution in [0.5, 0.6) is 17.2 Å². The van der Waals surface area contributed by atoms with Gasteiger partial charge in [0.2, 0.25) is 5.82 Å². The van der Waals surface area contributed by atoms with Crippen LogP contribution >= 0.6 is 0 Å². The van der Waals surface area contributed by atoms with Crippen LogP contribution in [0.4, 0.5) is 10.1 Å². The lowest BCUT2D eigenvalue weighted by Crippen LogP contribution is -1.95. The number of methoxy groups -OCH3 is 1. The van der Waals surface area contributed by atoms with E-state index >= 15 is 0 Å². The van der Waals surface area contributed by atoms with Crippen LogP contribution in [-0.4, -0.2) is 17.0 Å². The third kappa shape index (κ3) is 3.16. The number of nitrogens with zero attached hydrogens (tertiary/aromatic N) is 3. The Morgan fingerprint density at radius 2 is 1.96 bits per heavy atom. The molecule has 7 nitrogen and oxygen atoms in total. The van der Waals surface area contributed by atoms with Crippen LogP contribution in [-0.2, 0) is 0 Å². The Bertz CT molecular complexity index is 1030. The smallest absolute Gasteiger partial charge is 0.305 e. The summed E-state index contributed by atoms with van der Waals surface area (Å²) in [5.41, 5.74) is -0.0664. The molecule has 0 spiro atoms. The van der Waals surface area contributed by atoms with Crippen molar-refractivity contribution in [1.29, 1.82) is 5.26 Å². The summed E-state index contributed by atoms with van der Waals surface area (Å²) in [7, 11) is 1.51. The molecule has 1 aromatic heterocycles. The lowest BCUT2D eigenvalue weighted by Gasteiger charge is -2.10. The van der Waals surface area contributed by atoms with E-state index < -0.39 is 16.4 Å². The largest absolute Gasteiger partial charge is 0.497 e. The van der Waals surface area contributed by atoms with Crippen molar-refractivity contribution in [1.82, 2.24) is 4.98 Å². The third-order valence-corrected chi connectivity index (χ3v) is 3.44. The van der Waals surface area contributed by atoms with Crippen molar-refractivity contribution in [2.24, 2.45) is 0 Å². The molecule has 8 heteroatoms. The quantitative estimate of drug-likeness (QED) is 0.527. The maximum absolute atomic E-state index is 13.8. The maximum atomic E-state index is 13.8. The number of nitro benzene ring substituents is 1. The molecule has 0 bridgehead atoms. The highest BCUT2D eigenvalue weighted by Crippen LogP contribution is 2.33. The van der Waals surface area contributed by atoms with Crippen LogP contribution in [0.25, 0.3) is 10.9 Å². The molecule has 0 unspecified atom stereocenters. The minimum atomic E-state index is -1.01. The van der Waals surface area contributed by atoms with E-state index in [4.69, 9.17) is 14.7 Å². The zero-order chi connectivity index (χ0) is 18.0. The molecule has 0 aliphatic carbocycles. The lowest BCUT2D eigenvalue weighted by atomic mass is 10.1. The first-order valence-corrected chi connectivity index (χ1v) is 7.02. The number of fused-ring (bicyclic) bond motifs is 1. The Kier molecular flexibility index (Phi) is 4.14. The predicted molar refractivity (Wildman–Crippen MR) is 86.1 cm³/mol. The molecular weight excluding hydrogens is 329 g/mol. The van der Waals surface area contributed by atoms with Gasteiger partial charge in [0.25, 0.3) is 0 Å². The highest BCUT2D eigenvalue weighted by atomic mass is 19.1. The molecule has 1 heterocycles. The molecule has 0 fully saturated rings. The minimum Gasteiger partial charge on any atom is -0.497 e. The molecule has 0 atom stereocenters. The summed E-state index contributed by atoms with van der Waals surface area (Å²) in [5.74, 6) is -0.113. The summed E-state index contributed by atoms with van der Waals surface area (Å²) in [5, 5.41) is 20.4. The zero-order valence-corrected chi connectivity index (χ0v) is 12.9. The Labute approximate surface area is 141 Å². The fourth-order valence-corrected chi connectivity index (χ4v) is 2.27. The fraction of sp³-hybridized carbons (Fsp3) is 0.0588. The molecule has 2 aromatic carbocycles. The number of hydrogen-bond acceptors (Lipinski definition) is 6. The summed E-state index contributed by atoms with van der Waals surface area (Å²) >= 11 is 0. The second kappa shape index (κ2) is 6.41. The van der Waals surface area contributed by atoms with Gasteiger partial charge in [0.05, 0.1) is 17.5 Å². The number of rotatable bonds is 4. The van der Waals surface area contributed by atoms with Gasteiger partial charge in [-0.2, -0.15) is 9.65 Å². The molecule has 25 heavy (non-hydrogen) atoms. The van der Waals surface area contributed by atoms with Crippen LogP contribution in [0.3, 0.4) is 0 Å². The molecule has 0 saturated heterocycles. The van der Waals surface area contributed by atoms with Gasteiger partial charge in [-0.15, -0.1) is 0 Å². The number of nitriles is 1. The fourth-order valence-electron chi connectivity index (χ4n) is 2.27. The van der Waals surface area contributed by atoms with Crippen LogP contribution in [0.2, 0.25) is 0 Å². The van der Waals surface area contributed by atoms with Crippen LogP contribution in [0.15, 0.2) is 42.5 Å². The van der Waals surface area contributed by atoms with Gasteiger partial charge < -0.3 is 9.47 Å². The number of aromatic nitrogens is 1. The van der Waals surface area contributed by atoms with Crippen LogP contribution in [0, 0.1) is 27.3 Å². The van der Waals surface area contributed by atoms with Gasteiger partial charge in [0, 0.05) is 29.7 Å². The summed E-state index contributed by atoms with van der Waals surface area (Å²) in [6.07, 6.45) is 0. The van der Waals surface area contributed by atoms with Crippen LogP contribution in [0.1, 0.15) is 5.69 Å². The molecule has 124 valence electrons. The van der Waals surface area contributed by atoms with Crippen molar-refractivity contribution in [2.45, 2.75) is 0 Å². The lowest BCUT2D eigenvalue weighted by molar-refractivity contribution is -0.387. The number of hydrogen-bond donors (Lipinski definition) is 0. The topological polar surface area (TPSA) is 98.3 Å². The van der Waals surface area contributed by atoms with Gasteiger partial charge in [0.15, 0.2) is 0 Å². The Hall–Kier alpha value is -3.73. The summed E-state index contributed by atoms with van der Waals surface area (Å²) < 4.78 is 24.5. The average Bonchev–Trinajstić information content (AvgIpc) is 2.60. The number of nitro groups is 1. The second-order valence-electron chi connectivity index (χ2n) is 4.97. The Morgan fingerprint density at radius 3 is 2.60 bits per heavy atom. The van der Waals surface area contributed by atoms with Gasteiger partial charge in [-0.3, -0.25) is 10.1 Å². The molecule has 3 aromatic rings. The van der Waals surface area contributed by atoms with E-state index in [1.165, 1.54) is 19.2 Å². The highest BCUT2D eigenvalue weighted by molar-refractivity contribution is 5.87. The van der Waals surface area contributed by atoms with Gasteiger partial charge in [-0.25, -0.2) is 4.98 Å². The second-order valence-corrected chi connectivity index (χ2v) is 4.97. The molecule has 0 N–H and O–H groups in total. The predicted octanol–water partition coefficient (Wildman–Crippen LogP) is 3.95. The van der Waals surface area contributed by atoms with Gasteiger partial charge in [0.1, 0.15) is 29.0 Å². The molecule has 0 amide bonds. The molecule has 0 aliphatic heterocycles. The molecule has 0 saturated carbocycles. The van der Waals surface area contributed by atoms with Gasteiger partial charge >= 0.3 is 5.69 Å². The molecule has 3 rings (SSSR count). The number of halogens is 1. The van der Waals surface area contributed by atoms with Crippen molar-refractivity contribution in [3.63, 3.8) is 0 Å². The normalized spacial score (nSPS) is 10.3. The monoisotopic (exact) mass is 339 g/mol. The first-order valence-electron chi connectivity index (χ1n) is 7.02. The number of benzene rings is 2. The summed E-state index contributed by atoms with van der Waals surface area (Å²) in [4.78, 5) is 14.0. The van der Waals surface area contributed by atoms with E-state index in [9.17, 15) is 14.5 Å². The summed E-state index contributed by atoms with van der Waals surface area (Å²) in [6.45, 7) is 0. The minimum absolute atomic E-state index is 0.0651. The maximum Gasteiger partial charge on any atom is 0.305 e. The standard InChI is InChI=1S/C17H10FN3O4/c1-24-11-2-4-13-15(8-11)20-10(9-19)6-17(13)25-12-3-5-16(21(22)23)14(18)7-12/h2-8H,1H3. The van der Waals surface area contributed by atoms with Crippen molar-refractivity contribution in [3.8, 4) is 23.3 Å². The number of ether oxygens (including phenoxy) is 2. The van der Waals surface area contributed by atoms with Gasteiger partial charge in [-0.1, -0.05) is 0 Å². The molecule has 0 aliphatic rings. The summed E-state index contributed by atoms with van der Waals surface area (Å²) in [6, 6.07) is 11.6. The Morgan fingerprint density at radius 1 is 1.20 bits per heavy atom. The SMILES string of the molecule is COc1ccc2c(Oc3ccc([N+](=O)[O-])c(F)c3)cc(C#N)nc2c1. The van der Waals surface area contributed by atoms with Gasteiger partial charge in [-0.05, 0) is 18.2 Å².